The van der Waals surface area contributed by atoms with Crippen molar-refractivity contribution in [1.82, 2.24) is 14.5 Å². The predicted octanol–water partition coefficient (Wildman–Crippen LogP) is 4.08. The Balaban J connectivity index is 1.61. The van der Waals surface area contributed by atoms with Crippen LogP contribution in [0.2, 0.25) is 0 Å². The van der Waals surface area contributed by atoms with Gasteiger partial charge < -0.3 is 19.0 Å². The van der Waals surface area contributed by atoms with Gasteiger partial charge in [-0.3, -0.25) is 0 Å². The normalized spacial score (nSPS) is 17.9. The molecule has 5 nitrogen and oxygen atoms in total. The molecule has 1 aliphatic rings. The summed E-state index contributed by atoms with van der Waals surface area (Å²) < 4.78 is 8.31. The van der Waals surface area contributed by atoms with Crippen LogP contribution in [0.3, 0.4) is 0 Å². The number of aliphatic hydroxyl groups excluding tert-OH is 1. The Labute approximate surface area is 166 Å². The number of furan rings is 1. The van der Waals surface area contributed by atoms with E-state index in [2.05, 4.69) is 40.7 Å². The number of hydrogen-bond donors (Lipinski definition) is 1. The van der Waals surface area contributed by atoms with Crippen LogP contribution in [0.4, 0.5) is 0 Å². The van der Waals surface area contributed by atoms with E-state index in [9.17, 15) is 5.11 Å². The fourth-order valence-corrected chi connectivity index (χ4v) is 4.07. The number of likely N-dealkylation sites (tertiary alicyclic amines) is 1. The van der Waals surface area contributed by atoms with E-state index in [0.717, 1.165) is 73.9 Å². The Bertz CT molecular complexity index is 884. The Morgan fingerprint density at radius 3 is 2.75 bits per heavy atom. The van der Waals surface area contributed by atoms with Gasteiger partial charge in [0, 0.05) is 38.2 Å². The molecule has 0 bridgehead atoms. The summed E-state index contributed by atoms with van der Waals surface area (Å²) in [5, 5.41) is 9.49. The van der Waals surface area contributed by atoms with Crippen LogP contribution >= 0.6 is 0 Å². The predicted molar refractivity (Wildman–Crippen MR) is 111 cm³/mol. The van der Waals surface area contributed by atoms with E-state index in [-0.39, 0.29) is 6.61 Å². The summed E-state index contributed by atoms with van der Waals surface area (Å²) >= 11 is 0. The number of rotatable bonds is 7. The van der Waals surface area contributed by atoms with Crippen molar-refractivity contribution in [2.75, 3.05) is 26.2 Å². The monoisotopic (exact) mass is 379 g/mol. The highest BCUT2D eigenvalue weighted by molar-refractivity contribution is 5.76. The molecule has 28 heavy (non-hydrogen) atoms. The quantitative estimate of drug-likeness (QED) is 0.672. The van der Waals surface area contributed by atoms with Gasteiger partial charge in [0.2, 0.25) is 0 Å². The van der Waals surface area contributed by atoms with Crippen molar-refractivity contribution in [3.8, 4) is 22.7 Å². The van der Waals surface area contributed by atoms with Crippen molar-refractivity contribution in [2.24, 2.45) is 5.92 Å². The summed E-state index contributed by atoms with van der Waals surface area (Å²) in [4.78, 5) is 7.19. The average Bonchev–Trinajstić information content (AvgIpc) is 3.39. The zero-order chi connectivity index (χ0) is 19.3. The molecule has 0 radical (unpaired) electrons. The molecule has 1 aliphatic heterocycles. The fourth-order valence-electron chi connectivity index (χ4n) is 4.07. The lowest BCUT2D eigenvalue weighted by molar-refractivity contribution is 0.118. The highest BCUT2D eigenvalue weighted by atomic mass is 16.3. The fraction of sp³-hybridized carbons (Fsp3) is 0.435. The molecule has 148 valence electrons. The van der Waals surface area contributed by atoms with Crippen LogP contribution in [-0.4, -0.2) is 45.8 Å². The summed E-state index contributed by atoms with van der Waals surface area (Å²) in [5.74, 6) is 2.27. The molecule has 1 fully saturated rings. The van der Waals surface area contributed by atoms with Crippen LogP contribution in [0.25, 0.3) is 22.7 Å². The average molecular weight is 380 g/mol. The van der Waals surface area contributed by atoms with Gasteiger partial charge in [0.25, 0.3) is 0 Å². The molecule has 0 saturated carbocycles. The molecule has 0 spiro atoms. The summed E-state index contributed by atoms with van der Waals surface area (Å²) in [5.41, 5.74) is 3.11. The molecule has 2 aromatic heterocycles. The first-order valence-electron chi connectivity index (χ1n) is 10.3. The number of aryl methyl sites for hydroxylation is 1. The number of aliphatic hydroxyl groups is 1. The van der Waals surface area contributed by atoms with Crippen molar-refractivity contribution < 1.29 is 9.52 Å². The number of hydrogen-bond acceptors (Lipinski definition) is 4. The van der Waals surface area contributed by atoms with Crippen LogP contribution in [0.5, 0.6) is 0 Å². The molecule has 0 unspecified atom stereocenters. The molecule has 4 rings (SSSR count). The van der Waals surface area contributed by atoms with Crippen LogP contribution < -0.4 is 0 Å². The lowest BCUT2D eigenvalue weighted by atomic mass is 9.99. The number of nitrogens with zero attached hydrogens (tertiary/aromatic N) is 3. The third-order valence-electron chi connectivity index (χ3n) is 5.65. The second kappa shape index (κ2) is 8.76. The molecular formula is C23H29N3O2. The highest BCUT2D eigenvalue weighted by Crippen LogP contribution is 2.32. The number of imidazole rings is 1. The molecule has 0 aliphatic carbocycles. The van der Waals surface area contributed by atoms with Gasteiger partial charge in [-0.25, -0.2) is 4.98 Å². The minimum atomic E-state index is 0.289. The molecule has 1 saturated heterocycles. The first-order valence-corrected chi connectivity index (χ1v) is 10.3. The topological polar surface area (TPSA) is 54.4 Å². The standard InChI is InChI=1S/C23H29N3O2/c1-2-20-10-11-21(28-20)23-22(19-8-4-3-5-9-19)24-17-26(23)14-13-25-12-6-7-18(15-25)16-27/h3-5,8-11,17-18,27H,2,6-7,12-16H2,1H3/t18-/m1/s1. The number of piperidine rings is 1. The van der Waals surface area contributed by atoms with Crippen molar-refractivity contribution in [3.05, 3.63) is 54.6 Å². The zero-order valence-corrected chi connectivity index (χ0v) is 16.6. The Kier molecular flexibility index (Phi) is 5.93. The van der Waals surface area contributed by atoms with Gasteiger partial charge in [-0.2, -0.15) is 0 Å². The van der Waals surface area contributed by atoms with E-state index in [1.165, 1.54) is 0 Å². The minimum absolute atomic E-state index is 0.289. The van der Waals surface area contributed by atoms with Crippen molar-refractivity contribution in [2.45, 2.75) is 32.7 Å². The van der Waals surface area contributed by atoms with Crippen LogP contribution in [0.15, 0.2) is 53.2 Å². The molecule has 3 heterocycles. The number of aromatic nitrogens is 2. The number of benzene rings is 1. The van der Waals surface area contributed by atoms with E-state index in [4.69, 9.17) is 9.40 Å². The van der Waals surface area contributed by atoms with Crippen LogP contribution in [0.1, 0.15) is 25.5 Å². The van der Waals surface area contributed by atoms with E-state index in [1.54, 1.807) is 0 Å². The van der Waals surface area contributed by atoms with Crippen molar-refractivity contribution >= 4 is 0 Å². The minimum Gasteiger partial charge on any atom is -0.459 e. The molecule has 0 amide bonds. The van der Waals surface area contributed by atoms with Gasteiger partial charge in [0.15, 0.2) is 5.76 Å². The molecule has 5 heteroatoms. The lowest BCUT2D eigenvalue weighted by Gasteiger charge is -2.31. The smallest absolute Gasteiger partial charge is 0.152 e. The molecular weight excluding hydrogens is 350 g/mol. The maximum atomic E-state index is 9.49. The van der Waals surface area contributed by atoms with Crippen LogP contribution in [0, 0.1) is 5.92 Å². The molecule has 3 aromatic rings. The van der Waals surface area contributed by atoms with E-state index < -0.39 is 0 Å². The molecule has 1 N–H and O–H groups in total. The summed E-state index contributed by atoms with van der Waals surface area (Å²) in [6.07, 6.45) is 5.10. The second-order valence-electron chi connectivity index (χ2n) is 7.61. The molecule has 1 atom stereocenters. The van der Waals surface area contributed by atoms with Crippen molar-refractivity contribution in [3.63, 3.8) is 0 Å². The van der Waals surface area contributed by atoms with E-state index in [0.29, 0.717) is 5.92 Å². The third-order valence-corrected chi connectivity index (χ3v) is 5.65. The Hall–Kier alpha value is -2.37. The molecule has 1 aromatic carbocycles. The van der Waals surface area contributed by atoms with Gasteiger partial charge in [-0.15, -0.1) is 0 Å². The first kappa shape index (κ1) is 19.0. The third kappa shape index (κ3) is 4.05. The van der Waals surface area contributed by atoms with Gasteiger partial charge in [0.05, 0.1) is 12.0 Å². The largest absolute Gasteiger partial charge is 0.459 e. The zero-order valence-electron chi connectivity index (χ0n) is 16.6. The summed E-state index contributed by atoms with van der Waals surface area (Å²) in [6.45, 7) is 6.29. The maximum absolute atomic E-state index is 9.49. The lowest BCUT2D eigenvalue weighted by Crippen LogP contribution is -2.38. The van der Waals surface area contributed by atoms with E-state index in [1.807, 2.05) is 24.5 Å². The van der Waals surface area contributed by atoms with Crippen LogP contribution in [-0.2, 0) is 13.0 Å². The van der Waals surface area contributed by atoms with Crippen molar-refractivity contribution in [1.29, 1.82) is 0 Å². The van der Waals surface area contributed by atoms with Gasteiger partial charge >= 0.3 is 0 Å². The Morgan fingerprint density at radius 2 is 2.00 bits per heavy atom. The SMILES string of the molecule is CCc1ccc(-c2c(-c3ccccc3)ncn2CCN2CCC[C@@H](CO)C2)o1. The van der Waals surface area contributed by atoms with Gasteiger partial charge in [0.1, 0.15) is 11.5 Å². The maximum Gasteiger partial charge on any atom is 0.152 e. The summed E-state index contributed by atoms with van der Waals surface area (Å²) in [7, 11) is 0. The van der Waals surface area contributed by atoms with Gasteiger partial charge in [-0.05, 0) is 37.4 Å². The second-order valence-corrected chi connectivity index (χ2v) is 7.61. The summed E-state index contributed by atoms with van der Waals surface area (Å²) in [6, 6.07) is 14.4. The Morgan fingerprint density at radius 1 is 1.14 bits per heavy atom. The first-order chi connectivity index (χ1) is 13.8. The highest BCUT2D eigenvalue weighted by Gasteiger charge is 2.21. The van der Waals surface area contributed by atoms with E-state index >= 15 is 0 Å². The van der Waals surface area contributed by atoms with Gasteiger partial charge in [-0.1, -0.05) is 37.3 Å².